The van der Waals surface area contributed by atoms with Crippen molar-refractivity contribution in [2.75, 3.05) is 31.6 Å². The molecule has 2 heterocycles. The van der Waals surface area contributed by atoms with E-state index in [2.05, 4.69) is 0 Å². The van der Waals surface area contributed by atoms with Gasteiger partial charge < -0.3 is 14.5 Å². The monoisotopic (exact) mass is 368 g/mol. The summed E-state index contributed by atoms with van der Waals surface area (Å²) in [5.41, 5.74) is 1.06. The molecule has 2 aromatic carbocycles. The zero-order valence-electron chi connectivity index (χ0n) is 15.2. The van der Waals surface area contributed by atoms with E-state index in [1.165, 1.54) is 12.1 Å². The average Bonchev–Trinajstić information content (AvgIpc) is 3.24. The third-order valence-electron chi connectivity index (χ3n) is 5.50. The van der Waals surface area contributed by atoms with Gasteiger partial charge >= 0.3 is 0 Å². The van der Waals surface area contributed by atoms with Crippen LogP contribution in [0.5, 0.6) is 5.75 Å². The van der Waals surface area contributed by atoms with Crippen LogP contribution in [0, 0.1) is 11.2 Å². The normalized spacial score (nSPS) is 21.9. The molecule has 2 aromatic rings. The van der Waals surface area contributed by atoms with E-state index in [1.54, 1.807) is 48.4 Å². The number of hydrogen-bond donors (Lipinski definition) is 0. The fourth-order valence-electron chi connectivity index (χ4n) is 4.07. The summed E-state index contributed by atoms with van der Waals surface area (Å²) < 4.78 is 18.4. The van der Waals surface area contributed by atoms with Crippen molar-refractivity contribution in [1.82, 2.24) is 4.90 Å². The third kappa shape index (κ3) is 3.27. The maximum atomic E-state index is 13.2. The second kappa shape index (κ2) is 6.68. The van der Waals surface area contributed by atoms with Gasteiger partial charge in [0.25, 0.3) is 5.91 Å². The van der Waals surface area contributed by atoms with Gasteiger partial charge in [0.2, 0.25) is 5.91 Å². The zero-order chi connectivity index (χ0) is 19.0. The highest BCUT2D eigenvalue weighted by atomic mass is 19.1. The number of amides is 2. The first-order chi connectivity index (χ1) is 13.0. The molecule has 5 nitrogen and oxygen atoms in total. The van der Waals surface area contributed by atoms with Gasteiger partial charge in [0.15, 0.2) is 0 Å². The van der Waals surface area contributed by atoms with Crippen molar-refractivity contribution in [3.8, 4) is 5.75 Å². The van der Waals surface area contributed by atoms with Gasteiger partial charge in [0.1, 0.15) is 11.6 Å². The summed E-state index contributed by atoms with van der Waals surface area (Å²) >= 11 is 0. The number of likely N-dealkylation sites (tertiary alicyclic amines) is 1. The number of carbonyl (C=O) groups is 2. The lowest BCUT2D eigenvalue weighted by Gasteiger charge is -2.24. The second-order valence-corrected chi connectivity index (χ2v) is 7.34. The topological polar surface area (TPSA) is 49.9 Å². The van der Waals surface area contributed by atoms with E-state index in [0.717, 1.165) is 6.42 Å². The van der Waals surface area contributed by atoms with Crippen LogP contribution < -0.4 is 9.64 Å². The molecule has 27 heavy (non-hydrogen) atoms. The van der Waals surface area contributed by atoms with Crippen LogP contribution in [0.15, 0.2) is 48.5 Å². The predicted octanol–water partition coefficient (Wildman–Crippen LogP) is 3.10. The Balaban J connectivity index is 1.49. The third-order valence-corrected chi connectivity index (χ3v) is 5.50. The molecule has 0 aromatic heterocycles. The largest absolute Gasteiger partial charge is 0.497 e. The highest BCUT2D eigenvalue weighted by molar-refractivity contribution is 5.97. The van der Waals surface area contributed by atoms with Crippen LogP contribution in [-0.2, 0) is 4.79 Å². The first kappa shape index (κ1) is 17.5. The summed E-state index contributed by atoms with van der Waals surface area (Å²) in [6, 6.07) is 13.1. The van der Waals surface area contributed by atoms with Crippen LogP contribution in [0.4, 0.5) is 10.1 Å². The van der Waals surface area contributed by atoms with E-state index < -0.39 is 0 Å². The van der Waals surface area contributed by atoms with Gasteiger partial charge in [-0.3, -0.25) is 9.59 Å². The Bertz CT molecular complexity index is 883. The lowest BCUT2D eigenvalue weighted by atomic mass is 9.86. The van der Waals surface area contributed by atoms with Crippen molar-refractivity contribution < 1.29 is 18.7 Å². The van der Waals surface area contributed by atoms with Crippen molar-refractivity contribution >= 4 is 17.5 Å². The molecule has 0 unspecified atom stereocenters. The number of methoxy groups -OCH3 is 1. The summed E-state index contributed by atoms with van der Waals surface area (Å²) in [5.74, 6) is 0.306. The number of halogens is 1. The van der Waals surface area contributed by atoms with E-state index in [0.29, 0.717) is 43.1 Å². The quantitative estimate of drug-likeness (QED) is 0.837. The number of anilines is 1. The Morgan fingerprint density at radius 2 is 1.93 bits per heavy atom. The van der Waals surface area contributed by atoms with Crippen LogP contribution >= 0.6 is 0 Å². The molecule has 1 spiro atoms. The standard InChI is InChI=1S/C21H21FN2O3/c1-27-18-4-2-3-15(11-18)20(26)23-10-9-21(13-23)12-19(25)24(14-21)17-7-5-16(22)6-8-17/h2-8,11H,9-10,12-14H2,1H3/t21-/m1/s1. The van der Waals surface area contributed by atoms with Crippen molar-refractivity contribution in [2.24, 2.45) is 5.41 Å². The first-order valence-corrected chi connectivity index (χ1v) is 8.99. The molecule has 2 fully saturated rings. The van der Waals surface area contributed by atoms with Crippen molar-refractivity contribution in [3.05, 3.63) is 59.9 Å². The molecule has 2 aliphatic rings. The van der Waals surface area contributed by atoms with Gasteiger partial charge in [-0.2, -0.15) is 0 Å². The molecule has 0 saturated carbocycles. The van der Waals surface area contributed by atoms with E-state index in [9.17, 15) is 14.0 Å². The molecule has 6 heteroatoms. The Labute approximate surface area is 157 Å². The number of nitrogens with zero attached hydrogens (tertiary/aromatic N) is 2. The van der Waals surface area contributed by atoms with Crippen molar-refractivity contribution in [2.45, 2.75) is 12.8 Å². The highest BCUT2D eigenvalue weighted by Crippen LogP contribution is 2.42. The number of benzene rings is 2. The Hall–Kier alpha value is -2.89. The second-order valence-electron chi connectivity index (χ2n) is 7.34. The van der Waals surface area contributed by atoms with Gasteiger partial charge in [-0.05, 0) is 48.9 Å². The smallest absolute Gasteiger partial charge is 0.254 e. The van der Waals surface area contributed by atoms with Crippen LogP contribution in [-0.4, -0.2) is 43.5 Å². The molecular formula is C21H21FN2O3. The first-order valence-electron chi connectivity index (χ1n) is 8.99. The highest BCUT2D eigenvalue weighted by Gasteiger charge is 2.48. The van der Waals surface area contributed by atoms with Gasteiger partial charge in [-0.1, -0.05) is 6.07 Å². The Morgan fingerprint density at radius 1 is 1.15 bits per heavy atom. The minimum absolute atomic E-state index is 0.0253. The summed E-state index contributed by atoms with van der Waals surface area (Å²) in [5, 5.41) is 0. The Kier molecular flexibility index (Phi) is 4.34. The van der Waals surface area contributed by atoms with Gasteiger partial charge in [-0.25, -0.2) is 4.39 Å². The van der Waals surface area contributed by atoms with Gasteiger partial charge in [0, 0.05) is 42.7 Å². The summed E-state index contributed by atoms with van der Waals surface area (Å²) in [4.78, 5) is 28.9. The SMILES string of the molecule is COc1cccc(C(=O)N2CC[C@@]3(CC(=O)N(c4ccc(F)cc4)C3)C2)c1. The molecule has 2 saturated heterocycles. The average molecular weight is 368 g/mol. The van der Waals surface area contributed by atoms with Crippen LogP contribution in [0.25, 0.3) is 0 Å². The molecule has 2 aliphatic heterocycles. The molecule has 0 N–H and O–H groups in total. The number of hydrogen-bond acceptors (Lipinski definition) is 3. The molecule has 2 amide bonds. The van der Waals surface area contributed by atoms with Crippen molar-refractivity contribution in [1.29, 1.82) is 0 Å². The number of carbonyl (C=O) groups excluding carboxylic acids is 2. The number of ether oxygens (including phenoxy) is 1. The zero-order valence-corrected chi connectivity index (χ0v) is 15.2. The number of rotatable bonds is 3. The minimum atomic E-state index is -0.323. The van der Waals surface area contributed by atoms with E-state index >= 15 is 0 Å². The maximum Gasteiger partial charge on any atom is 0.254 e. The Morgan fingerprint density at radius 3 is 2.67 bits per heavy atom. The minimum Gasteiger partial charge on any atom is -0.497 e. The molecular weight excluding hydrogens is 347 g/mol. The molecule has 0 bridgehead atoms. The van der Waals surface area contributed by atoms with Crippen LogP contribution in [0.2, 0.25) is 0 Å². The molecule has 4 rings (SSSR count). The van der Waals surface area contributed by atoms with Gasteiger partial charge in [0.05, 0.1) is 7.11 Å². The molecule has 0 radical (unpaired) electrons. The molecule has 0 aliphatic carbocycles. The summed E-state index contributed by atoms with van der Waals surface area (Å²) in [6.45, 7) is 1.73. The van der Waals surface area contributed by atoms with Gasteiger partial charge in [-0.15, -0.1) is 0 Å². The van der Waals surface area contributed by atoms with E-state index in [4.69, 9.17) is 4.74 Å². The molecule has 1 atom stereocenters. The van der Waals surface area contributed by atoms with Crippen molar-refractivity contribution in [3.63, 3.8) is 0 Å². The van der Waals surface area contributed by atoms with Crippen LogP contribution in [0.3, 0.4) is 0 Å². The maximum absolute atomic E-state index is 13.2. The summed E-state index contributed by atoms with van der Waals surface area (Å²) in [6.07, 6.45) is 1.19. The van der Waals surface area contributed by atoms with E-state index in [1.807, 2.05) is 4.90 Å². The fourth-order valence-corrected chi connectivity index (χ4v) is 4.07. The van der Waals surface area contributed by atoms with E-state index in [-0.39, 0.29) is 23.0 Å². The van der Waals surface area contributed by atoms with Crippen LogP contribution in [0.1, 0.15) is 23.2 Å². The lowest BCUT2D eigenvalue weighted by Crippen LogP contribution is -2.34. The molecule has 140 valence electrons. The lowest BCUT2D eigenvalue weighted by molar-refractivity contribution is -0.117. The fraction of sp³-hybridized carbons (Fsp3) is 0.333. The summed E-state index contributed by atoms with van der Waals surface area (Å²) in [7, 11) is 1.57. The predicted molar refractivity (Wildman–Crippen MR) is 99.3 cm³/mol.